The summed E-state index contributed by atoms with van der Waals surface area (Å²) in [6, 6.07) is 16.7. The van der Waals surface area contributed by atoms with Gasteiger partial charge in [-0.1, -0.05) is 60.4 Å². The third-order valence-corrected chi connectivity index (χ3v) is 3.88. The molecule has 0 spiro atoms. The number of carbonyl (C=O) groups is 2. The number of rotatable bonds is 8. The first kappa shape index (κ1) is 19.2. The molecular weight excluding hydrogens is 330 g/mol. The van der Waals surface area contributed by atoms with Crippen LogP contribution >= 0.6 is 0 Å². The van der Waals surface area contributed by atoms with Crippen molar-refractivity contribution in [2.45, 2.75) is 31.3 Å². The monoisotopic (exact) mass is 351 g/mol. The Labute approximate surface area is 152 Å². The van der Waals surface area contributed by atoms with Crippen LogP contribution in [-0.4, -0.2) is 34.2 Å². The fourth-order valence-corrected chi connectivity index (χ4v) is 2.47. The van der Waals surface area contributed by atoms with Gasteiger partial charge in [-0.15, -0.1) is 0 Å². The molecule has 0 aliphatic heterocycles. The van der Waals surface area contributed by atoms with E-state index in [0.717, 1.165) is 11.1 Å². The number of aryl methyl sites for hydroxylation is 1. The molecule has 0 saturated carbocycles. The molecule has 0 heterocycles. The van der Waals surface area contributed by atoms with Crippen LogP contribution in [0.15, 0.2) is 60.7 Å². The quantitative estimate of drug-likeness (QED) is 0.636. The molecule has 2 atom stereocenters. The Balaban J connectivity index is 1.97. The van der Waals surface area contributed by atoms with Crippen molar-refractivity contribution in [2.75, 3.05) is 0 Å². The first-order chi connectivity index (χ1) is 12.6. The Morgan fingerprint density at radius 2 is 1.46 bits per heavy atom. The molecule has 0 bridgehead atoms. The normalized spacial score (nSPS) is 12.5. The number of carboxylic acid groups (broad SMARTS) is 2. The number of carboxylic acids is 2. The van der Waals surface area contributed by atoms with Gasteiger partial charge in [0.1, 0.15) is 12.1 Å². The average Bonchev–Trinajstić information content (AvgIpc) is 2.65. The molecule has 0 saturated heterocycles. The highest BCUT2D eigenvalue weighted by Crippen LogP contribution is 2.07. The van der Waals surface area contributed by atoms with E-state index in [1.165, 1.54) is 0 Å². The first-order valence-electron chi connectivity index (χ1n) is 8.36. The van der Waals surface area contributed by atoms with E-state index >= 15 is 0 Å². The molecule has 2 rings (SSSR count). The van der Waals surface area contributed by atoms with Crippen molar-refractivity contribution in [2.24, 2.45) is 0 Å². The van der Waals surface area contributed by atoms with Crippen molar-refractivity contribution in [3.63, 3.8) is 0 Å². The molecule has 0 radical (unpaired) electrons. The Hall–Kier alpha value is -3.10. The summed E-state index contributed by atoms with van der Waals surface area (Å²) in [5.74, 6) is 3.53. The van der Waals surface area contributed by atoms with Crippen molar-refractivity contribution in [3.8, 4) is 11.8 Å². The van der Waals surface area contributed by atoms with Crippen LogP contribution in [-0.2, 0) is 16.0 Å². The van der Waals surface area contributed by atoms with E-state index in [1.54, 1.807) is 0 Å². The van der Waals surface area contributed by atoms with Gasteiger partial charge in [0.2, 0.25) is 0 Å². The number of benzene rings is 2. The number of aliphatic carboxylic acids is 2. The highest BCUT2D eigenvalue weighted by molar-refractivity contribution is 5.77. The van der Waals surface area contributed by atoms with Crippen LogP contribution in [0.3, 0.4) is 0 Å². The minimum atomic E-state index is -1.11. The van der Waals surface area contributed by atoms with Crippen LogP contribution in [0, 0.1) is 11.8 Å². The van der Waals surface area contributed by atoms with Gasteiger partial charge in [0.15, 0.2) is 0 Å². The van der Waals surface area contributed by atoms with E-state index < -0.39 is 24.0 Å². The zero-order valence-corrected chi connectivity index (χ0v) is 14.3. The molecule has 0 aromatic heterocycles. The lowest BCUT2D eigenvalue weighted by atomic mass is 10.0. The zero-order chi connectivity index (χ0) is 18.8. The second-order valence-corrected chi connectivity index (χ2v) is 5.84. The van der Waals surface area contributed by atoms with Gasteiger partial charge in [-0.25, -0.2) is 0 Å². The van der Waals surface area contributed by atoms with Crippen molar-refractivity contribution in [1.82, 2.24) is 5.32 Å². The van der Waals surface area contributed by atoms with E-state index in [1.807, 2.05) is 60.7 Å². The fraction of sp³-hybridized carbons (Fsp3) is 0.238. The van der Waals surface area contributed by atoms with Crippen LogP contribution in [0.5, 0.6) is 0 Å². The maximum Gasteiger partial charge on any atom is 0.321 e. The van der Waals surface area contributed by atoms with Crippen LogP contribution in [0.2, 0.25) is 0 Å². The van der Waals surface area contributed by atoms with E-state index in [9.17, 15) is 19.8 Å². The summed E-state index contributed by atoms with van der Waals surface area (Å²) in [4.78, 5) is 22.9. The van der Waals surface area contributed by atoms with Crippen LogP contribution in [0.25, 0.3) is 0 Å². The molecule has 5 nitrogen and oxygen atoms in total. The first-order valence-corrected chi connectivity index (χ1v) is 8.36. The van der Waals surface area contributed by atoms with Crippen LogP contribution < -0.4 is 5.32 Å². The molecule has 3 N–H and O–H groups in total. The van der Waals surface area contributed by atoms with E-state index in [-0.39, 0.29) is 6.42 Å². The minimum Gasteiger partial charge on any atom is -0.480 e. The molecule has 0 amide bonds. The standard InChI is InChI=1S/C21H21NO4/c23-20(24)18(13-7-12-16-8-3-1-4-9-16)22-19(21(25)26)15-14-17-10-5-2-6-11-17/h1-6,8-11,18-19,22H,13-15H2,(H,23,24)(H,25,26). The molecule has 2 aromatic rings. The Kier molecular flexibility index (Phi) is 7.41. The number of hydrogen-bond donors (Lipinski definition) is 3. The molecule has 134 valence electrons. The smallest absolute Gasteiger partial charge is 0.321 e. The Morgan fingerprint density at radius 3 is 2.04 bits per heavy atom. The van der Waals surface area contributed by atoms with Gasteiger partial charge < -0.3 is 10.2 Å². The Morgan fingerprint density at radius 1 is 0.885 bits per heavy atom. The predicted octanol–water partition coefficient (Wildman–Crippen LogP) is 2.56. The third kappa shape index (κ3) is 6.42. The summed E-state index contributed by atoms with van der Waals surface area (Å²) in [5, 5.41) is 21.5. The Bertz CT molecular complexity index is 778. The summed E-state index contributed by atoms with van der Waals surface area (Å²) in [5.41, 5.74) is 1.80. The maximum atomic E-state index is 11.5. The van der Waals surface area contributed by atoms with Gasteiger partial charge in [0.25, 0.3) is 0 Å². The highest BCUT2D eigenvalue weighted by Gasteiger charge is 2.25. The second kappa shape index (κ2) is 10.0. The highest BCUT2D eigenvalue weighted by atomic mass is 16.4. The lowest BCUT2D eigenvalue weighted by molar-refractivity contribution is -0.142. The van der Waals surface area contributed by atoms with Crippen molar-refractivity contribution < 1.29 is 19.8 Å². The van der Waals surface area contributed by atoms with Gasteiger partial charge >= 0.3 is 11.9 Å². The molecule has 26 heavy (non-hydrogen) atoms. The van der Waals surface area contributed by atoms with Crippen molar-refractivity contribution in [1.29, 1.82) is 0 Å². The summed E-state index contributed by atoms with van der Waals surface area (Å²) in [7, 11) is 0. The summed E-state index contributed by atoms with van der Waals surface area (Å²) in [6.07, 6.45) is 0.876. The summed E-state index contributed by atoms with van der Waals surface area (Å²) >= 11 is 0. The third-order valence-electron chi connectivity index (χ3n) is 3.88. The second-order valence-electron chi connectivity index (χ2n) is 5.84. The minimum absolute atomic E-state index is 0.0271. The van der Waals surface area contributed by atoms with E-state index in [0.29, 0.717) is 12.8 Å². The number of nitrogens with one attached hydrogen (secondary N) is 1. The topological polar surface area (TPSA) is 86.6 Å². The molecule has 2 aromatic carbocycles. The lowest BCUT2D eigenvalue weighted by Gasteiger charge is -2.19. The van der Waals surface area contributed by atoms with Gasteiger partial charge in [0.05, 0.1) is 0 Å². The molecule has 0 aliphatic rings. The zero-order valence-electron chi connectivity index (χ0n) is 14.3. The number of hydrogen-bond acceptors (Lipinski definition) is 3. The molecule has 0 fully saturated rings. The largest absolute Gasteiger partial charge is 0.480 e. The molecule has 0 aliphatic carbocycles. The van der Waals surface area contributed by atoms with Gasteiger partial charge in [-0.3, -0.25) is 14.9 Å². The molecular formula is C21H21NO4. The summed E-state index contributed by atoms with van der Waals surface area (Å²) < 4.78 is 0. The van der Waals surface area contributed by atoms with Gasteiger partial charge in [-0.05, 0) is 30.5 Å². The lowest BCUT2D eigenvalue weighted by Crippen LogP contribution is -2.47. The van der Waals surface area contributed by atoms with Crippen molar-refractivity contribution >= 4 is 11.9 Å². The average molecular weight is 351 g/mol. The van der Waals surface area contributed by atoms with E-state index in [4.69, 9.17) is 0 Å². The molecule has 2 unspecified atom stereocenters. The SMILES string of the molecule is O=C(O)C(CC#Cc1ccccc1)NC(CCc1ccccc1)C(=O)O. The summed E-state index contributed by atoms with van der Waals surface area (Å²) in [6.45, 7) is 0. The van der Waals surface area contributed by atoms with Gasteiger partial charge in [0, 0.05) is 12.0 Å². The fourth-order valence-electron chi connectivity index (χ4n) is 2.47. The van der Waals surface area contributed by atoms with Crippen LogP contribution in [0.4, 0.5) is 0 Å². The maximum absolute atomic E-state index is 11.5. The molecule has 5 heteroatoms. The van der Waals surface area contributed by atoms with Gasteiger partial charge in [-0.2, -0.15) is 0 Å². The van der Waals surface area contributed by atoms with Crippen molar-refractivity contribution in [3.05, 3.63) is 71.8 Å². The van der Waals surface area contributed by atoms with Crippen LogP contribution in [0.1, 0.15) is 24.0 Å². The predicted molar refractivity (Wildman–Crippen MR) is 98.7 cm³/mol. The van der Waals surface area contributed by atoms with E-state index in [2.05, 4.69) is 17.2 Å².